The molecule has 0 aliphatic heterocycles. The molecule has 19 heavy (non-hydrogen) atoms. The SMILES string of the molecule is CC1=CC(=O)C2(C)CCC(O)(C(C)C)C2C(O)CC1. The van der Waals surface area contributed by atoms with Gasteiger partial charge in [0.1, 0.15) is 0 Å². The van der Waals surface area contributed by atoms with Crippen molar-refractivity contribution >= 4 is 5.78 Å². The smallest absolute Gasteiger partial charge is 0.161 e. The van der Waals surface area contributed by atoms with E-state index in [1.807, 2.05) is 27.7 Å². The summed E-state index contributed by atoms with van der Waals surface area (Å²) in [6.07, 6.45) is 3.74. The number of carbonyl (C=O) groups excluding carboxylic acids is 1. The highest BCUT2D eigenvalue weighted by atomic mass is 16.3. The van der Waals surface area contributed by atoms with Crippen LogP contribution in [0.25, 0.3) is 0 Å². The highest BCUT2D eigenvalue weighted by Gasteiger charge is 2.60. The molecule has 2 aliphatic carbocycles. The predicted octanol–water partition coefficient (Wildman–Crippen LogP) is 2.46. The van der Waals surface area contributed by atoms with E-state index in [1.54, 1.807) is 6.08 Å². The van der Waals surface area contributed by atoms with Crippen LogP contribution in [0.4, 0.5) is 0 Å². The minimum Gasteiger partial charge on any atom is -0.393 e. The molecule has 108 valence electrons. The summed E-state index contributed by atoms with van der Waals surface area (Å²) < 4.78 is 0. The lowest BCUT2D eigenvalue weighted by molar-refractivity contribution is -0.142. The van der Waals surface area contributed by atoms with Crippen molar-refractivity contribution in [1.29, 1.82) is 0 Å². The third-order valence-electron chi connectivity index (χ3n) is 5.43. The zero-order valence-electron chi connectivity index (χ0n) is 12.4. The number of carbonyl (C=O) groups is 1. The summed E-state index contributed by atoms with van der Waals surface area (Å²) in [6, 6.07) is 0. The van der Waals surface area contributed by atoms with Gasteiger partial charge in [-0.1, -0.05) is 26.3 Å². The fourth-order valence-electron chi connectivity index (χ4n) is 4.01. The lowest BCUT2D eigenvalue weighted by Crippen LogP contribution is -2.51. The summed E-state index contributed by atoms with van der Waals surface area (Å²) >= 11 is 0. The normalized spacial score (nSPS) is 43.7. The number of fused-ring (bicyclic) bond motifs is 1. The van der Waals surface area contributed by atoms with E-state index in [2.05, 4.69) is 0 Å². The van der Waals surface area contributed by atoms with Gasteiger partial charge in [-0.2, -0.15) is 0 Å². The first-order chi connectivity index (χ1) is 8.71. The molecular weight excluding hydrogens is 240 g/mol. The molecule has 1 fully saturated rings. The third kappa shape index (κ3) is 2.17. The molecule has 0 heterocycles. The molecule has 0 bridgehead atoms. The van der Waals surface area contributed by atoms with Gasteiger partial charge in [-0.25, -0.2) is 0 Å². The van der Waals surface area contributed by atoms with Crippen LogP contribution in [0, 0.1) is 17.3 Å². The maximum Gasteiger partial charge on any atom is 0.161 e. The number of rotatable bonds is 1. The van der Waals surface area contributed by atoms with Crippen LogP contribution in [0.3, 0.4) is 0 Å². The van der Waals surface area contributed by atoms with Crippen molar-refractivity contribution in [2.24, 2.45) is 17.3 Å². The Hall–Kier alpha value is -0.670. The Bertz CT molecular complexity index is 412. The largest absolute Gasteiger partial charge is 0.393 e. The molecule has 0 aromatic heterocycles. The molecule has 1 saturated carbocycles. The number of aliphatic hydroxyl groups excluding tert-OH is 1. The van der Waals surface area contributed by atoms with Crippen molar-refractivity contribution in [3.05, 3.63) is 11.6 Å². The van der Waals surface area contributed by atoms with E-state index in [0.717, 1.165) is 12.0 Å². The second-order valence-electron chi connectivity index (χ2n) is 7.00. The fraction of sp³-hybridized carbons (Fsp3) is 0.812. The van der Waals surface area contributed by atoms with Gasteiger partial charge < -0.3 is 10.2 Å². The Morgan fingerprint density at radius 3 is 2.58 bits per heavy atom. The van der Waals surface area contributed by atoms with Crippen LogP contribution in [0.1, 0.15) is 53.4 Å². The Kier molecular flexibility index (Phi) is 3.65. The monoisotopic (exact) mass is 266 g/mol. The molecule has 3 heteroatoms. The lowest BCUT2D eigenvalue weighted by atomic mass is 9.65. The van der Waals surface area contributed by atoms with Crippen LogP contribution in [0.2, 0.25) is 0 Å². The maximum atomic E-state index is 12.5. The first kappa shape index (κ1) is 14.7. The van der Waals surface area contributed by atoms with Gasteiger partial charge in [0.15, 0.2) is 5.78 Å². The third-order valence-corrected chi connectivity index (χ3v) is 5.43. The van der Waals surface area contributed by atoms with Crippen molar-refractivity contribution in [2.75, 3.05) is 0 Å². The summed E-state index contributed by atoms with van der Waals surface area (Å²) in [5.41, 5.74) is -0.521. The van der Waals surface area contributed by atoms with E-state index in [4.69, 9.17) is 0 Å². The summed E-state index contributed by atoms with van der Waals surface area (Å²) in [5.74, 6) is -0.228. The van der Waals surface area contributed by atoms with E-state index in [0.29, 0.717) is 19.3 Å². The summed E-state index contributed by atoms with van der Waals surface area (Å²) in [6.45, 7) is 7.81. The van der Waals surface area contributed by atoms with Gasteiger partial charge in [0, 0.05) is 11.3 Å². The molecule has 2 rings (SSSR count). The van der Waals surface area contributed by atoms with E-state index < -0.39 is 17.1 Å². The van der Waals surface area contributed by atoms with Crippen molar-refractivity contribution in [1.82, 2.24) is 0 Å². The molecule has 0 aromatic rings. The number of aliphatic hydroxyl groups is 2. The highest BCUT2D eigenvalue weighted by molar-refractivity contribution is 5.96. The van der Waals surface area contributed by atoms with Crippen molar-refractivity contribution in [2.45, 2.75) is 65.1 Å². The zero-order valence-corrected chi connectivity index (χ0v) is 12.4. The number of ketones is 1. The number of hydrogen-bond acceptors (Lipinski definition) is 3. The van der Waals surface area contributed by atoms with Crippen LogP contribution in [0.15, 0.2) is 11.6 Å². The van der Waals surface area contributed by atoms with E-state index in [-0.39, 0.29) is 17.6 Å². The first-order valence-corrected chi connectivity index (χ1v) is 7.34. The van der Waals surface area contributed by atoms with E-state index in [1.165, 1.54) is 0 Å². The van der Waals surface area contributed by atoms with Crippen LogP contribution >= 0.6 is 0 Å². The minimum absolute atomic E-state index is 0.0475. The molecule has 0 radical (unpaired) electrons. The van der Waals surface area contributed by atoms with Gasteiger partial charge in [-0.15, -0.1) is 0 Å². The molecule has 0 saturated heterocycles. The molecule has 0 aromatic carbocycles. The lowest BCUT2D eigenvalue weighted by Gasteiger charge is -2.43. The van der Waals surface area contributed by atoms with Gasteiger partial charge in [0.2, 0.25) is 0 Å². The van der Waals surface area contributed by atoms with Crippen LogP contribution in [-0.2, 0) is 4.79 Å². The Labute approximate surface area is 115 Å². The van der Waals surface area contributed by atoms with Gasteiger partial charge >= 0.3 is 0 Å². The predicted molar refractivity (Wildman–Crippen MR) is 74.6 cm³/mol. The van der Waals surface area contributed by atoms with Gasteiger partial charge in [0.05, 0.1) is 11.7 Å². The molecule has 4 atom stereocenters. The standard InChI is InChI=1S/C16H26O3/c1-10(2)16(19)8-7-15(4)13(18)9-11(3)5-6-12(17)14(15)16/h9-10,12,14,17,19H,5-8H2,1-4H3. The summed E-state index contributed by atoms with van der Waals surface area (Å²) in [5, 5.41) is 21.5. The zero-order chi connectivity index (χ0) is 14.4. The summed E-state index contributed by atoms with van der Waals surface area (Å²) in [7, 11) is 0. The number of allylic oxidation sites excluding steroid dienone is 2. The van der Waals surface area contributed by atoms with Crippen LogP contribution in [0.5, 0.6) is 0 Å². The Morgan fingerprint density at radius 2 is 2.00 bits per heavy atom. The van der Waals surface area contributed by atoms with Gasteiger partial charge in [-0.05, 0) is 44.6 Å². The number of hydrogen-bond donors (Lipinski definition) is 2. The molecule has 0 amide bonds. The molecule has 0 spiro atoms. The Morgan fingerprint density at radius 1 is 1.37 bits per heavy atom. The van der Waals surface area contributed by atoms with Crippen molar-refractivity contribution < 1.29 is 15.0 Å². The first-order valence-electron chi connectivity index (χ1n) is 7.34. The minimum atomic E-state index is -0.928. The molecule has 4 unspecified atom stereocenters. The van der Waals surface area contributed by atoms with Crippen molar-refractivity contribution in [3.63, 3.8) is 0 Å². The topological polar surface area (TPSA) is 57.5 Å². The Balaban J connectivity index is 2.49. The second-order valence-corrected chi connectivity index (χ2v) is 7.00. The fourth-order valence-corrected chi connectivity index (χ4v) is 4.01. The van der Waals surface area contributed by atoms with Crippen LogP contribution < -0.4 is 0 Å². The second kappa shape index (κ2) is 4.71. The van der Waals surface area contributed by atoms with Crippen molar-refractivity contribution in [3.8, 4) is 0 Å². The maximum absolute atomic E-state index is 12.5. The van der Waals surface area contributed by atoms with Crippen LogP contribution in [-0.4, -0.2) is 27.7 Å². The highest BCUT2D eigenvalue weighted by Crippen LogP contribution is 2.55. The molecule has 3 nitrogen and oxygen atoms in total. The molecular formula is C16H26O3. The molecule has 2 N–H and O–H groups in total. The molecule has 2 aliphatic rings. The van der Waals surface area contributed by atoms with Gasteiger partial charge in [-0.3, -0.25) is 4.79 Å². The van der Waals surface area contributed by atoms with E-state index in [9.17, 15) is 15.0 Å². The average Bonchev–Trinajstić information content (AvgIpc) is 2.60. The quantitative estimate of drug-likeness (QED) is 0.766. The summed E-state index contributed by atoms with van der Waals surface area (Å²) in [4.78, 5) is 12.5. The van der Waals surface area contributed by atoms with Gasteiger partial charge in [0.25, 0.3) is 0 Å². The average molecular weight is 266 g/mol. The van der Waals surface area contributed by atoms with E-state index >= 15 is 0 Å².